The number of allylic oxidation sites excluding steroid dienone is 3. The van der Waals surface area contributed by atoms with Crippen molar-refractivity contribution in [3.05, 3.63) is 29.5 Å². The van der Waals surface area contributed by atoms with Crippen molar-refractivity contribution in [2.24, 2.45) is 0 Å². The normalized spacial score (nSPS) is 14.6. The molecule has 48 valence electrons. The SMILES string of the molecule is OCCCC1=C=CC=C1. The molecule has 1 aliphatic rings. The van der Waals surface area contributed by atoms with E-state index < -0.39 is 0 Å². The summed E-state index contributed by atoms with van der Waals surface area (Å²) in [5, 5.41) is 8.45. The Bertz CT molecular complexity index is 171. The maximum absolute atomic E-state index is 8.45. The van der Waals surface area contributed by atoms with E-state index in [1.54, 1.807) is 0 Å². The van der Waals surface area contributed by atoms with Gasteiger partial charge in [-0.25, -0.2) is 0 Å². The van der Waals surface area contributed by atoms with Crippen LogP contribution in [0.3, 0.4) is 0 Å². The molecule has 1 heteroatoms. The number of rotatable bonds is 3. The van der Waals surface area contributed by atoms with Crippen LogP contribution in [0.15, 0.2) is 29.5 Å². The van der Waals surface area contributed by atoms with Crippen LogP contribution in [0.1, 0.15) is 12.8 Å². The molecule has 0 aromatic rings. The summed E-state index contributed by atoms with van der Waals surface area (Å²) >= 11 is 0. The van der Waals surface area contributed by atoms with Crippen LogP contribution < -0.4 is 0 Å². The summed E-state index contributed by atoms with van der Waals surface area (Å²) in [6, 6.07) is 0. The molecule has 0 bridgehead atoms. The highest BCUT2D eigenvalue weighted by Gasteiger charge is 1.91. The third-order valence-corrected chi connectivity index (χ3v) is 1.27. The standard InChI is InChI=1S/C8H10O/c9-7-3-6-8-4-1-2-5-8/h1-2,4,9H,3,6-7H2. The van der Waals surface area contributed by atoms with Gasteiger partial charge in [-0.15, -0.1) is 5.73 Å². The molecule has 9 heavy (non-hydrogen) atoms. The zero-order valence-corrected chi connectivity index (χ0v) is 5.30. The van der Waals surface area contributed by atoms with Gasteiger partial charge >= 0.3 is 0 Å². The Hall–Kier alpha value is -0.780. The van der Waals surface area contributed by atoms with Gasteiger partial charge in [0.1, 0.15) is 0 Å². The van der Waals surface area contributed by atoms with Crippen LogP contribution in [0.4, 0.5) is 0 Å². The summed E-state index contributed by atoms with van der Waals surface area (Å²) in [7, 11) is 0. The fourth-order valence-electron chi connectivity index (χ4n) is 0.793. The van der Waals surface area contributed by atoms with Crippen molar-refractivity contribution in [1.29, 1.82) is 0 Å². The van der Waals surface area contributed by atoms with E-state index >= 15 is 0 Å². The fraction of sp³-hybridized carbons (Fsp3) is 0.375. The van der Waals surface area contributed by atoms with E-state index in [2.05, 4.69) is 5.73 Å². The van der Waals surface area contributed by atoms with Crippen LogP contribution in [0.25, 0.3) is 0 Å². The van der Waals surface area contributed by atoms with Crippen molar-refractivity contribution in [1.82, 2.24) is 0 Å². The van der Waals surface area contributed by atoms with Gasteiger partial charge in [-0.2, -0.15) is 0 Å². The summed E-state index contributed by atoms with van der Waals surface area (Å²) in [6.07, 6.45) is 7.68. The second-order valence-electron chi connectivity index (χ2n) is 2.02. The highest BCUT2D eigenvalue weighted by atomic mass is 16.2. The molecule has 1 rings (SSSR count). The van der Waals surface area contributed by atoms with Gasteiger partial charge in [0.25, 0.3) is 0 Å². The highest BCUT2D eigenvalue weighted by Crippen LogP contribution is 2.08. The van der Waals surface area contributed by atoms with Crippen LogP contribution in [-0.2, 0) is 0 Å². The van der Waals surface area contributed by atoms with E-state index in [1.807, 2.05) is 18.2 Å². The molecule has 0 heterocycles. The highest BCUT2D eigenvalue weighted by molar-refractivity contribution is 5.28. The summed E-state index contributed by atoms with van der Waals surface area (Å²) in [5.74, 6) is 0. The Morgan fingerprint density at radius 1 is 1.56 bits per heavy atom. The molecule has 0 fully saturated rings. The zero-order valence-electron chi connectivity index (χ0n) is 5.30. The first-order valence-corrected chi connectivity index (χ1v) is 3.16. The van der Waals surface area contributed by atoms with Crippen molar-refractivity contribution in [3.63, 3.8) is 0 Å². The lowest BCUT2D eigenvalue weighted by molar-refractivity contribution is 0.289. The smallest absolute Gasteiger partial charge is 0.0434 e. The minimum atomic E-state index is 0.277. The molecule has 0 saturated heterocycles. The van der Waals surface area contributed by atoms with E-state index in [4.69, 9.17) is 5.11 Å². The van der Waals surface area contributed by atoms with E-state index in [0.717, 1.165) is 12.8 Å². The third kappa shape index (κ3) is 1.88. The lowest BCUT2D eigenvalue weighted by Gasteiger charge is -1.91. The van der Waals surface area contributed by atoms with Crippen molar-refractivity contribution in [3.8, 4) is 0 Å². The second kappa shape index (κ2) is 3.29. The molecule has 0 aromatic heterocycles. The maximum Gasteiger partial charge on any atom is 0.0434 e. The van der Waals surface area contributed by atoms with Crippen molar-refractivity contribution in [2.75, 3.05) is 6.61 Å². The van der Waals surface area contributed by atoms with E-state index in [0.29, 0.717) is 0 Å². The predicted octanol–water partition coefficient (Wildman–Crippen LogP) is 1.41. The summed E-state index contributed by atoms with van der Waals surface area (Å²) in [5.41, 5.74) is 4.26. The topological polar surface area (TPSA) is 20.2 Å². The molecule has 0 unspecified atom stereocenters. The predicted molar refractivity (Wildman–Crippen MR) is 37.1 cm³/mol. The molecule has 0 aliphatic heterocycles. The van der Waals surface area contributed by atoms with E-state index in [1.165, 1.54) is 5.57 Å². The summed E-state index contributed by atoms with van der Waals surface area (Å²) in [4.78, 5) is 0. The molecule has 1 aliphatic carbocycles. The van der Waals surface area contributed by atoms with Gasteiger partial charge < -0.3 is 5.11 Å². The molecule has 0 radical (unpaired) electrons. The van der Waals surface area contributed by atoms with Gasteiger partial charge in [0.05, 0.1) is 0 Å². The molecule has 1 N–H and O–H groups in total. The lowest BCUT2D eigenvalue weighted by Crippen LogP contribution is -1.82. The fourth-order valence-corrected chi connectivity index (χ4v) is 0.793. The van der Waals surface area contributed by atoms with Crippen LogP contribution in [0, 0.1) is 0 Å². The number of aliphatic hydroxyl groups is 1. The van der Waals surface area contributed by atoms with Crippen LogP contribution in [0.5, 0.6) is 0 Å². The minimum absolute atomic E-state index is 0.277. The molecular weight excluding hydrogens is 112 g/mol. The quantitative estimate of drug-likeness (QED) is 0.561. The average Bonchev–Trinajstić information content (AvgIpc) is 2.34. The van der Waals surface area contributed by atoms with Gasteiger partial charge in [0.2, 0.25) is 0 Å². The van der Waals surface area contributed by atoms with Gasteiger partial charge in [0, 0.05) is 6.61 Å². The van der Waals surface area contributed by atoms with Gasteiger partial charge in [-0.1, -0.05) is 12.2 Å². The second-order valence-corrected chi connectivity index (χ2v) is 2.02. The number of hydrogen-bond donors (Lipinski definition) is 1. The minimum Gasteiger partial charge on any atom is -0.396 e. The van der Waals surface area contributed by atoms with Crippen molar-refractivity contribution >= 4 is 0 Å². The lowest BCUT2D eigenvalue weighted by atomic mass is 10.2. The first-order valence-electron chi connectivity index (χ1n) is 3.16. The van der Waals surface area contributed by atoms with Crippen molar-refractivity contribution < 1.29 is 5.11 Å². The van der Waals surface area contributed by atoms with Gasteiger partial charge in [0.15, 0.2) is 0 Å². The van der Waals surface area contributed by atoms with Crippen LogP contribution >= 0.6 is 0 Å². The largest absolute Gasteiger partial charge is 0.396 e. The molecule has 0 aromatic carbocycles. The van der Waals surface area contributed by atoms with Gasteiger partial charge in [-0.05, 0) is 24.5 Å². The van der Waals surface area contributed by atoms with Crippen LogP contribution in [0.2, 0.25) is 0 Å². The van der Waals surface area contributed by atoms with E-state index in [9.17, 15) is 0 Å². The molecule has 0 atom stereocenters. The first-order chi connectivity index (χ1) is 4.43. The summed E-state index contributed by atoms with van der Waals surface area (Å²) < 4.78 is 0. The first kappa shape index (κ1) is 6.34. The molecule has 0 spiro atoms. The monoisotopic (exact) mass is 122 g/mol. The number of hydrogen-bond acceptors (Lipinski definition) is 1. The maximum atomic E-state index is 8.45. The third-order valence-electron chi connectivity index (χ3n) is 1.27. The Morgan fingerprint density at radius 3 is 3.00 bits per heavy atom. The van der Waals surface area contributed by atoms with E-state index in [-0.39, 0.29) is 6.61 Å². The zero-order chi connectivity index (χ0) is 6.53. The number of aliphatic hydroxyl groups excluding tert-OH is 1. The molecule has 0 amide bonds. The average molecular weight is 122 g/mol. The molecular formula is C8H10O. The van der Waals surface area contributed by atoms with Crippen molar-refractivity contribution in [2.45, 2.75) is 12.8 Å². The Morgan fingerprint density at radius 2 is 2.44 bits per heavy atom. The Kier molecular flexibility index (Phi) is 2.32. The van der Waals surface area contributed by atoms with Crippen LogP contribution in [-0.4, -0.2) is 11.7 Å². The van der Waals surface area contributed by atoms with Gasteiger partial charge in [-0.3, -0.25) is 0 Å². The molecule has 0 saturated carbocycles. The Balaban J connectivity index is 2.29. The summed E-state index contributed by atoms with van der Waals surface area (Å²) in [6.45, 7) is 0.277. The Labute approximate surface area is 55.0 Å². The molecule has 1 nitrogen and oxygen atoms in total.